The molecule has 0 saturated heterocycles. The standard InChI is InChI=1S/C12H16N4O2S/c1-17-8-10(18-2)7-16-11(14-15-12(16)19)9-3-5-13-6-4-9/h3-6,10H,7-8H2,1-2H3,(H,15,19). The lowest BCUT2D eigenvalue weighted by atomic mass is 10.2. The third kappa shape index (κ3) is 3.25. The van der Waals surface area contributed by atoms with E-state index in [2.05, 4.69) is 15.2 Å². The molecule has 0 bridgehead atoms. The van der Waals surface area contributed by atoms with Gasteiger partial charge in [0.2, 0.25) is 0 Å². The predicted octanol–water partition coefficient (Wildman–Crippen LogP) is 1.66. The molecular formula is C12H16N4O2S. The number of hydrogen-bond donors (Lipinski definition) is 1. The summed E-state index contributed by atoms with van der Waals surface area (Å²) in [6.07, 6.45) is 3.37. The van der Waals surface area contributed by atoms with Gasteiger partial charge in [-0.25, -0.2) is 0 Å². The molecule has 19 heavy (non-hydrogen) atoms. The Balaban J connectivity index is 2.30. The molecule has 2 heterocycles. The Morgan fingerprint density at radius 2 is 2.11 bits per heavy atom. The van der Waals surface area contributed by atoms with Gasteiger partial charge in [-0.15, -0.1) is 0 Å². The van der Waals surface area contributed by atoms with E-state index in [0.29, 0.717) is 17.9 Å². The first-order chi connectivity index (χ1) is 9.26. The van der Waals surface area contributed by atoms with Crippen molar-refractivity contribution < 1.29 is 9.47 Å². The normalized spacial score (nSPS) is 12.5. The summed E-state index contributed by atoms with van der Waals surface area (Å²) >= 11 is 5.26. The highest BCUT2D eigenvalue weighted by Gasteiger charge is 2.14. The van der Waals surface area contributed by atoms with E-state index in [-0.39, 0.29) is 6.10 Å². The van der Waals surface area contributed by atoms with E-state index in [1.807, 2.05) is 16.7 Å². The van der Waals surface area contributed by atoms with Gasteiger partial charge in [-0.2, -0.15) is 5.10 Å². The molecule has 0 spiro atoms. The molecule has 2 aromatic rings. The Morgan fingerprint density at radius 3 is 2.74 bits per heavy atom. The molecule has 1 atom stereocenters. The van der Waals surface area contributed by atoms with Crippen LogP contribution in [-0.2, 0) is 16.0 Å². The molecule has 1 N–H and O–H groups in total. The van der Waals surface area contributed by atoms with Crippen molar-refractivity contribution in [3.8, 4) is 11.4 Å². The third-order valence-corrected chi connectivity index (χ3v) is 3.08. The number of pyridine rings is 1. The first-order valence-corrected chi connectivity index (χ1v) is 6.24. The van der Waals surface area contributed by atoms with Gasteiger partial charge in [0.15, 0.2) is 10.6 Å². The van der Waals surface area contributed by atoms with Crippen LogP contribution in [0.4, 0.5) is 0 Å². The average Bonchev–Trinajstić information content (AvgIpc) is 2.80. The summed E-state index contributed by atoms with van der Waals surface area (Å²) < 4.78 is 12.9. The molecule has 6 nitrogen and oxygen atoms in total. The Labute approximate surface area is 116 Å². The van der Waals surface area contributed by atoms with Gasteiger partial charge in [0.25, 0.3) is 0 Å². The fourth-order valence-corrected chi connectivity index (χ4v) is 2.00. The molecule has 0 aliphatic heterocycles. The summed E-state index contributed by atoms with van der Waals surface area (Å²) in [5.41, 5.74) is 0.953. The highest BCUT2D eigenvalue weighted by Crippen LogP contribution is 2.16. The van der Waals surface area contributed by atoms with Crippen LogP contribution in [0.25, 0.3) is 11.4 Å². The van der Waals surface area contributed by atoms with Crippen LogP contribution in [0.2, 0.25) is 0 Å². The third-order valence-electron chi connectivity index (χ3n) is 2.77. The lowest BCUT2D eigenvalue weighted by molar-refractivity contribution is 0.0183. The van der Waals surface area contributed by atoms with Gasteiger partial charge >= 0.3 is 0 Å². The molecule has 7 heteroatoms. The Morgan fingerprint density at radius 1 is 1.37 bits per heavy atom. The highest BCUT2D eigenvalue weighted by molar-refractivity contribution is 7.71. The summed E-state index contributed by atoms with van der Waals surface area (Å²) in [6.45, 7) is 1.08. The lowest BCUT2D eigenvalue weighted by Crippen LogP contribution is -2.24. The minimum atomic E-state index is -0.0742. The molecule has 2 aromatic heterocycles. The van der Waals surface area contributed by atoms with Crippen LogP contribution in [0.1, 0.15) is 0 Å². The molecule has 0 aliphatic rings. The zero-order chi connectivity index (χ0) is 13.7. The van der Waals surface area contributed by atoms with Gasteiger partial charge in [0, 0.05) is 32.2 Å². The first kappa shape index (κ1) is 13.9. The molecule has 2 rings (SSSR count). The van der Waals surface area contributed by atoms with E-state index in [4.69, 9.17) is 21.7 Å². The Bertz CT molecular complexity index is 567. The second-order valence-electron chi connectivity index (χ2n) is 4.01. The van der Waals surface area contributed by atoms with Crippen LogP contribution in [0.3, 0.4) is 0 Å². The summed E-state index contributed by atoms with van der Waals surface area (Å²) in [5.74, 6) is 0.769. The number of rotatable bonds is 6. The van der Waals surface area contributed by atoms with E-state index < -0.39 is 0 Å². The van der Waals surface area contributed by atoms with Gasteiger partial charge in [0.05, 0.1) is 19.3 Å². The predicted molar refractivity (Wildman–Crippen MR) is 73.3 cm³/mol. The number of nitrogens with zero attached hydrogens (tertiary/aromatic N) is 3. The molecule has 0 aromatic carbocycles. The maximum atomic E-state index is 5.36. The second-order valence-corrected chi connectivity index (χ2v) is 4.40. The summed E-state index contributed by atoms with van der Waals surface area (Å²) in [7, 11) is 3.30. The zero-order valence-corrected chi connectivity index (χ0v) is 11.7. The smallest absolute Gasteiger partial charge is 0.195 e. The number of hydrogen-bond acceptors (Lipinski definition) is 5. The molecule has 102 valence electrons. The van der Waals surface area contributed by atoms with E-state index in [0.717, 1.165) is 11.4 Å². The quantitative estimate of drug-likeness (QED) is 0.815. The van der Waals surface area contributed by atoms with Crippen LogP contribution < -0.4 is 0 Å². The number of methoxy groups -OCH3 is 2. The maximum Gasteiger partial charge on any atom is 0.195 e. The number of ether oxygens (including phenoxy) is 2. The van der Waals surface area contributed by atoms with E-state index in [1.54, 1.807) is 26.6 Å². The summed E-state index contributed by atoms with van der Waals surface area (Å²) in [5, 5.41) is 7.06. The number of H-pyrrole nitrogens is 1. The topological polar surface area (TPSA) is 65.0 Å². The SMILES string of the molecule is COCC(Cn1c(-c2ccncc2)n[nH]c1=S)OC. The van der Waals surface area contributed by atoms with Crippen molar-refractivity contribution in [2.45, 2.75) is 12.6 Å². The number of aromatic nitrogens is 4. The largest absolute Gasteiger partial charge is 0.382 e. The van der Waals surface area contributed by atoms with Crippen LogP contribution in [0.5, 0.6) is 0 Å². The van der Waals surface area contributed by atoms with Crippen LogP contribution >= 0.6 is 12.2 Å². The van der Waals surface area contributed by atoms with E-state index >= 15 is 0 Å². The van der Waals surface area contributed by atoms with Gasteiger partial charge < -0.3 is 9.47 Å². The maximum absolute atomic E-state index is 5.36. The van der Waals surface area contributed by atoms with Gasteiger partial charge in [0.1, 0.15) is 0 Å². The Kier molecular flexibility index (Phi) is 4.78. The van der Waals surface area contributed by atoms with Crippen molar-refractivity contribution in [2.24, 2.45) is 0 Å². The molecular weight excluding hydrogens is 264 g/mol. The fourth-order valence-electron chi connectivity index (χ4n) is 1.79. The molecule has 1 unspecified atom stereocenters. The van der Waals surface area contributed by atoms with E-state index in [1.165, 1.54) is 0 Å². The number of aromatic amines is 1. The van der Waals surface area contributed by atoms with Gasteiger partial charge in [-0.3, -0.25) is 14.6 Å². The van der Waals surface area contributed by atoms with Crippen molar-refractivity contribution in [1.29, 1.82) is 0 Å². The molecule has 0 radical (unpaired) electrons. The molecule has 0 fully saturated rings. The summed E-state index contributed by atoms with van der Waals surface area (Å²) in [6, 6.07) is 3.78. The molecule has 0 saturated carbocycles. The average molecular weight is 280 g/mol. The van der Waals surface area contributed by atoms with Crippen molar-refractivity contribution in [2.75, 3.05) is 20.8 Å². The Hall–Kier alpha value is -1.57. The monoisotopic (exact) mass is 280 g/mol. The second kappa shape index (κ2) is 6.55. The molecule has 0 amide bonds. The molecule has 0 aliphatic carbocycles. The van der Waals surface area contributed by atoms with Crippen LogP contribution in [0.15, 0.2) is 24.5 Å². The van der Waals surface area contributed by atoms with Gasteiger partial charge in [-0.05, 0) is 24.4 Å². The van der Waals surface area contributed by atoms with Crippen molar-refractivity contribution >= 4 is 12.2 Å². The minimum Gasteiger partial charge on any atom is -0.382 e. The minimum absolute atomic E-state index is 0.0742. The lowest BCUT2D eigenvalue weighted by Gasteiger charge is -2.16. The summed E-state index contributed by atoms with van der Waals surface area (Å²) in [4.78, 5) is 4.00. The van der Waals surface area contributed by atoms with E-state index in [9.17, 15) is 0 Å². The highest BCUT2D eigenvalue weighted by atomic mass is 32.1. The van der Waals surface area contributed by atoms with Gasteiger partial charge in [-0.1, -0.05) is 0 Å². The van der Waals surface area contributed by atoms with Crippen LogP contribution in [-0.4, -0.2) is 46.7 Å². The van der Waals surface area contributed by atoms with Crippen molar-refractivity contribution in [3.05, 3.63) is 29.3 Å². The number of nitrogens with one attached hydrogen (secondary N) is 1. The fraction of sp³-hybridized carbons (Fsp3) is 0.417. The van der Waals surface area contributed by atoms with Crippen molar-refractivity contribution in [3.63, 3.8) is 0 Å². The zero-order valence-electron chi connectivity index (χ0n) is 10.9. The van der Waals surface area contributed by atoms with Crippen molar-refractivity contribution in [1.82, 2.24) is 19.7 Å². The first-order valence-electron chi connectivity index (χ1n) is 5.83. The van der Waals surface area contributed by atoms with Crippen LogP contribution in [0, 0.1) is 4.77 Å².